The molecule has 3 heteroatoms. The quantitative estimate of drug-likeness (QED) is 0.848. The standard InChI is InChI=1S/C14H19NO2/c1-15(2)14(17)8-10-3-4-12-9-13(16)6-5-11(12)7-10/h5-6,9-10,16H,3-4,7-8H2,1-2H3. The van der Waals surface area contributed by atoms with Gasteiger partial charge in [-0.1, -0.05) is 6.07 Å². The molecule has 3 nitrogen and oxygen atoms in total. The molecule has 1 aliphatic rings. The van der Waals surface area contributed by atoms with Crippen LogP contribution in [0.5, 0.6) is 5.75 Å². The monoisotopic (exact) mass is 233 g/mol. The number of phenols is 1. The predicted molar refractivity (Wildman–Crippen MR) is 66.9 cm³/mol. The van der Waals surface area contributed by atoms with Crippen molar-refractivity contribution in [2.45, 2.75) is 25.7 Å². The number of carbonyl (C=O) groups excluding carboxylic acids is 1. The molecule has 0 radical (unpaired) electrons. The molecule has 0 spiro atoms. The maximum atomic E-state index is 11.7. The summed E-state index contributed by atoms with van der Waals surface area (Å²) in [6, 6.07) is 5.56. The zero-order chi connectivity index (χ0) is 12.4. The van der Waals surface area contributed by atoms with E-state index in [1.54, 1.807) is 25.1 Å². The van der Waals surface area contributed by atoms with Crippen LogP contribution in [0.2, 0.25) is 0 Å². The first-order chi connectivity index (χ1) is 8.06. The molecule has 0 heterocycles. The van der Waals surface area contributed by atoms with Gasteiger partial charge in [0.05, 0.1) is 0 Å². The number of phenolic OH excluding ortho intramolecular Hbond substituents is 1. The van der Waals surface area contributed by atoms with Crippen molar-refractivity contribution in [3.05, 3.63) is 29.3 Å². The minimum Gasteiger partial charge on any atom is -0.508 e. The van der Waals surface area contributed by atoms with Gasteiger partial charge in [0.2, 0.25) is 5.91 Å². The second kappa shape index (κ2) is 4.78. The summed E-state index contributed by atoms with van der Waals surface area (Å²) in [5.74, 6) is 0.991. The lowest BCUT2D eigenvalue weighted by atomic mass is 9.82. The largest absolute Gasteiger partial charge is 0.508 e. The third kappa shape index (κ3) is 2.78. The summed E-state index contributed by atoms with van der Waals surface area (Å²) in [6.45, 7) is 0. The van der Waals surface area contributed by atoms with Gasteiger partial charge in [-0.05, 0) is 48.4 Å². The second-order valence-electron chi connectivity index (χ2n) is 5.05. The molecule has 0 saturated carbocycles. The molecule has 1 aromatic rings. The number of nitrogens with zero attached hydrogens (tertiary/aromatic N) is 1. The first-order valence-corrected chi connectivity index (χ1v) is 6.07. The smallest absolute Gasteiger partial charge is 0.222 e. The summed E-state index contributed by atoms with van der Waals surface area (Å²) in [5, 5.41) is 9.41. The average Bonchev–Trinajstić information content (AvgIpc) is 2.29. The van der Waals surface area contributed by atoms with Crippen LogP contribution in [0.25, 0.3) is 0 Å². The van der Waals surface area contributed by atoms with Gasteiger partial charge in [0.15, 0.2) is 0 Å². The van der Waals surface area contributed by atoms with E-state index in [-0.39, 0.29) is 5.91 Å². The summed E-state index contributed by atoms with van der Waals surface area (Å²) in [5.41, 5.74) is 2.52. The second-order valence-corrected chi connectivity index (χ2v) is 5.05. The Morgan fingerprint density at radius 1 is 1.41 bits per heavy atom. The molecule has 0 fully saturated rings. The number of aromatic hydroxyl groups is 1. The number of hydrogen-bond donors (Lipinski definition) is 1. The van der Waals surface area contributed by atoms with Gasteiger partial charge in [0, 0.05) is 20.5 Å². The summed E-state index contributed by atoms with van der Waals surface area (Å²) >= 11 is 0. The van der Waals surface area contributed by atoms with Gasteiger partial charge in [0.25, 0.3) is 0 Å². The topological polar surface area (TPSA) is 40.5 Å². The number of fused-ring (bicyclic) bond motifs is 1. The highest BCUT2D eigenvalue weighted by molar-refractivity contribution is 5.75. The third-order valence-electron chi connectivity index (χ3n) is 3.48. The Labute approximate surface area is 102 Å². The van der Waals surface area contributed by atoms with Crippen LogP contribution in [0.4, 0.5) is 0 Å². The van der Waals surface area contributed by atoms with E-state index in [9.17, 15) is 9.90 Å². The maximum absolute atomic E-state index is 11.7. The lowest BCUT2D eigenvalue weighted by Crippen LogP contribution is -2.26. The first-order valence-electron chi connectivity index (χ1n) is 6.07. The van der Waals surface area contributed by atoms with Gasteiger partial charge in [-0.25, -0.2) is 0 Å². The molecule has 1 atom stereocenters. The molecule has 92 valence electrons. The fraction of sp³-hybridized carbons (Fsp3) is 0.500. The van der Waals surface area contributed by atoms with Crippen molar-refractivity contribution in [3.63, 3.8) is 0 Å². The summed E-state index contributed by atoms with van der Waals surface area (Å²) in [4.78, 5) is 13.3. The molecule has 0 saturated heterocycles. The number of amides is 1. The van der Waals surface area contributed by atoms with Crippen molar-refractivity contribution in [1.82, 2.24) is 4.90 Å². The maximum Gasteiger partial charge on any atom is 0.222 e. The molecule has 1 aromatic carbocycles. The van der Waals surface area contributed by atoms with E-state index < -0.39 is 0 Å². The number of benzene rings is 1. The highest BCUT2D eigenvalue weighted by Crippen LogP contribution is 2.29. The fourth-order valence-corrected chi connectivity index (χ4v) is 2.42. The molecule has 1 N–H and O–H groups in total. The average molecular weight is 233 g/mol. The van der Waals surface area contributed by atoms with Crippen LogP contribution < -0.4 is 0 Å². The number of carbonyl (C=O) groups is 1. The Hall–Kier alpha value is -1.51. The van der Waals surface area contributed by atoms with E-state index in [2.05, 4.69) is 0 Å². The Balaban J connectivity index is 2.04. The van der Waals surface area contributed by atoms with Crippen molar-refractivity contribution in [3.8, 4) is 5.75 Å². The van der Waals surface area contributed by atoms with E-state index >= 15 is 0 Å². The van der Waals surface area contributed by atoms with Crippen LogP contribution in [0.3, 0.4) is 0 Å². The molecule has 0 bridgehead atoms. The summed E-state index contributed by atoms with van der Waals surface area (Å²) in [6.07, 6.45) is 3.59. The van der Waals surface area contributed by atoms with Crippen molar-refractivity contribution < 1.29 is 9.90 Å². The zero-order valence-corrected chi connectivity index (χ0v) is 10.4. The van der Waals surface area contributed by atoms with Gasteiger partial charge in [0.1, 0.15) is 5.75 Å². The highest BCUT2D eigenvalue weighted by Gasteiger charge is 2.21. The molecular weight excluding hydrogens is 214 g/mol. The van der Waals surface area contributed by atoms with Crippen LogP contribution in [0.1, 0.15) is 24.0 Å². The van der Waals surface area contributed by atoms with E-state index in [0.717, 1.165) is 19.3 Å². The number of hydrogen-bond acceptors (Lipinski definition) is 2. The van der Waals surface area contributed by atoms with E-state index in [1.165, 1.54) is 11.1 Å². The fourth-order valence-electron chi connectivity index (χ4n) is 2.42. The Bertz CT molecular complexity index is 426. The Morgan fingerprint density at radius 3 is 2.88 bits per heavy atom. The van der Waals surface area contributed by atoms with Gasteiger partial charge >= 0.3 is 0 Å². The molecule has 1 aliphatic carbocycles. The lowest BCUT2D eigenvalue weighted by Gasteiger charge is -2.25. The molecule has 1 unspecified atom stereocenters. The summed E-state index contributed by atoms with van der Waals surface area (Å²) in [7, 11) is 3.61. The van der Waals surface area contributed by atoms with Crippen molar-refractivity contribution in [1.29, 1.82) is 0 Å². The van der Waals surface area contributed by atoms with Crippen molar-refractivity contribution in [2.75, 3.05) is 14.1 Å². The SMILES string of the molecule is CN(C)C(=O)CC1CCc2cc(O)ccc2C1. The normalized spacial score (nSPS) is 18.6. The Kier molecular flexibility index (Phi) is 3.36. The van der Waals surface area contributed by atoms with Crippen molar-refractivity contribution >= 4 is 5.91 Å². The summed E-state index contributed by atoms with van der Waals surface area (Å²) < 4.78 is 0. The predicted octanol–water partition coefficient (Wildman–Crippen LogP) is 1.98. The van der Waals surface area contributed by atoms with E-state index in [4.69, 9.17) is 0 Å². The Morgan fingerprint density at radius 2 is 2.18 bits per heavy atom. The molecule has 1 amide bonds. The van der Waals surface area contributed by atoms with E-state index in [0.29, 0.717) is 18.1 Å². The third-order valence-corrected chi connectivity index (χ3v) is 3.48. The van der Waals surface area contributed by atoms with Gasteiger partial charge < -0.3 is 10.0 Å². The van der Waals surface area contributed by atoms with Crippen LogP contribution in [0.15, 0.2) is 18.2 Å². The van der Waals surface area contributed by atoms with Gasteiger partial charge in [-0.15, -0.1) is 0 Å². The molecule has 0 aliphatic heterocycles. The first kappa shape index (κ1) is 12.0. The molecule has 2 rings (SSSR count). The highest BCUT2D eigenvalue weighted by atomic mass is 16.3. The van der Waals surface area contributed by atoms with Crippen molar-refractivity contribution in [2.24, 2.45) is 5.92 Å². The number of rotatable bonds is 2. The number of aryl methyl sites for hydroxylation is 1. The lowest BCUT2D eigenvalue weighted by molar-refractivity contribution is -0.129. The molecule has 0 aromatic heterocycles. The van der Waals surface area contributed by atoms with Gasteiger partial charge in [-0.3, -0.25) is 4.79 Å². The van der Waals surface area contributed by atoms with E-state index in [1.807, 2.05) is 12.1 Å². The van der Waals surface area contributed by atoms with Crippen LogP contribution >= 0.6 is 0 Å². The van der Waals surface area contributed by atoms with Crippen LogP contribution in [0, 0.1) is 5.92 Å². The minimum atomic E-state index is 0.206. The van der Waals surface area contributed by atoms with Crippen LogP contribution in [-0.2, 0) is 17.6 Å². The zero-order valence-electron chi connectivity index (χ0n) is 10.4. The minimum absolute atomic E-state index is 0.206. The molecular formula is C14H19NO2. The molecule has 17 heavy (non-hydrogen) atoms. The van der Waals surface area contributed by atoms with Crippen LogP contribution in [-0.4, -0.2) is 30.0 Å². The van der Waals surface area contributed by atoms with Gasteiger partial charge in [-0.2, -0.15) is 0 Å².